The first-order valence-corrected chi connectivity index (χ1v) is 8.58. The maximum atomic E-state index is 12.3. The Kier molecular flexibility index (Phi) is 6.81. The molecule has 0 saturated carbocycles. The van der Waals surface area contributed by atoms with Crippen LogP contribution in [0.15, 0.2) is 54.2 Å². The van der Waals surface area contributed by atoms with Crippen LogP contribution in [0.2, 0.25) is 0 Å². The lowest BCUT2D eigenvalue weighted by Gasteiger charge is -2.11. The predicted molar refractivity (Wildman–Crippen MR) is 104 cm³/mol. The standard InChI is InChI=1S/C21H23N3O2/c1-4-16-8-6-7-15(3)20(16)23-14-17(13-22)21(25)24-18-9-11-19(12-10-18)26-5-2/h6-12,14,23H,4-5H2,1-3H3,(H,24,25)/b17-14-. The molecule has 0 unspecified atom stereocenters. The molecule has 0 aliphatic carbocycles. The van der Waals surface area contributed by atoms with Gasteiger partial charge in [0.25, 0.3) is 5.91 Å². The second kappa shape index (κ2) is 9.28. The van der Waals surface area contributed by atoms with Gasteiger partial charge in [-0.05, 0) is 55.7 Å². The molecule has 2 rings (SSSR count). The molecule has 0 fully saturated rings. The molecule has 0 saturated heterocycles. The van der Waals surface area contributed by atoms with Crippen LogP contribution in [0.5, 0.6) is 5.75 Å². The zero-order chi connectivity index (χ0) is 18.9. The number of ether oxygens (including phenoxy) is 1. The smallest absolute Gasteiger partial charge is 0.267 e. The fourth-order valence-corrected chi connectivity index (χ4v) is 2.52. The van der Waals surface area contributed by atoms with Gasteiger partial charge in [0.2, 0.25) is 0 Å². The molecule has 0 heterocycles. The third kappa shape index (κ3) is 4.87. The first-order chi connectivity index (χ1) is 12.6. The number of nitriles is 1. The van der Waals surface area contributed by atoms with Crippen LogP contribution in [0.1, 0.15) is 25.0 Å². The molecule has 2 N–H and O–H groups in total. The normalized spacial score (nSPS) is 10.8. The van der Waals surface area contributed by atoms with Crippen molar-refractivity contribution in [3.63, 3.8) is 0 Å². The largest absolute Gasteiger partial charge is 0.494 e. The van der Waals surface area contributed by atoms with Crippen molar-refractivity contribution in [3.05, 3.63) is 65.4 Å². The average Bonchev–Trinajstić information content (AvgIpc) is 2.65. The summed E-state index contributed by atoms with van der Waals surface area (Å²) in [7, 11) is 0. The van der Waals surface area contributed by atoms with E-state index in [1.165, 1.54) is 6.20 Å². The van der Waals surface area contributed by atoms with E-state index in [1.54, 1.807) is 24.3 Å². The van der Waals surface area contributed by atoms with E-state index in [9.17, 15) is 10.1 Å². The molecule has 1 amide bonds. The zero-order valence-electron chi connectivity index (χ0n) is 15.3. The van der Waals surface area contributed by atoms with Crippen molar-refractivity contribution in [3.8, 4) is 11.8 Å². The Morgan fingerprint density at radius 1 is 1.19 bits per heavy atom. The molecule has 5 heteroatoms. The van der Waals surface area contributed by atoms with Gasteiger partial charge in [0, 0.05) is 17.6 Å². The minimum atomic E-state index is -0.462. The summed E-state index contributed by atoms with van der Waals surface area (Å²) in [6.45, 7) is 6.54. The van der Waals surface area contributed by atoms with Crippen LogP contribution in [-0.4, -0.2) is 12.5 Å². The van der Waals surface area contributed by atoms with Gasteiger partial charge in [0.05, 0.1) is 6.61 Å². The Balaban J connectivity index is 2.11. The number of para-hydroxylation sites is 1. The summed E-state index contributed by atoms with van der Waals surface area (Å²) in [5.74, 6) is 0.269. The van der Waals surface area contributed by atoms with Crippen LogP contribution in [0.3, 0.4) is 0 Å². The molecule has 0 spiro atoms. The lowest BCUT2D eigenvalue weighted by atomic mass is 10.1. The van der Waals surface area contributed by atoms with Crippen LogP contribution in [0, 0.1) is 18.3 Å². The minimum Gasteiger partial charge on any atom is -0.494 e. The number of hydrogen-bond donors (Lipinski definition) is 2. The Morgan fingerprint density at radius 3 is 2.54 bits per heavy atom. The van der Waals surface area contributed by atoms with Crippen molar-refractivity contribution in [1.82, 2.24) is 0 Å². The molecule has 0 aliphatic heterocycles. The summed E-state index contributed by atoms with van der Waals surface area (Å²) < 4.78 is 5.37. The van der Waals surface area contributed by atoms with E-state index in [-0.39, 0.29) is 5.57 Å². The average molecular weight is 349 g/mol. The number of nitrogens with zero attached hydrogens (tertiary/aromatic N) is 1. The number of aryl methyl sites for hydroxylation is 2. The van der Waals surface area contributed by atoms with Gasteiger partial charge < -0.3 is 15.4 Å². The molecule has 5 nitrogen and oxygen atoms in total. The summed E-state index contributed by atoms with van der Waals surface area (Å²) >= 11 is 0. The molecule has 134 valence electrons. The third-order valence-corrected chi connectivity index (χ3v) is 3.89. The van der Waals surface area contributed by atoms with Gasteiger partial charge in [0.15, 0.2) is 0 Å². The quantitative estimate of drug-likeness (QED) is 0.573. The molecule has 0 aliphatic rings. The van der Waals surface area contributed by atoms with Crippen molar-refractivity contribution in [1.29, 1.82) is 5.26 Å². The Hall–Kier alpha value is -3.26. The highest BCUT2D eigenvalue weighted by Crippen LogP contribution is 2.21. The molecule has 0 aromatic heterocycles. The molecular weight excluding hydrogens is 326 g/mol. The van der Waals surface area contributed by atoms with Crippen molar-refractivity contribution < 1.29 is 9.53 Å². The number of nitrogens with one attached hydrogen (secondary N) is 2. The molecule has 0 radical (unpaired) electrons. The van der Waals surface area contributed by atoms with E-state index >= 15 is 0 Å². The summed E-state index contributed by atoms with van der Waals surface area (Å²) in [5.41, 5.74) is 3.72. The number of anilines is 2. The minimum absolute atomic E-state index is 0.00388. The maximum absolute atomic E-state index is 12.3. The number of carbonyl (C=O) groups is 1. The molecule has 2 aromatic rings. The van der Waals surface area contributed by atoms with Crippen molar-refractivity contribution in [2.45, 2.75) is 27.2 Å². The molecular formula is C21H23N3O2. The summed E-state index contributed by atoms with van der Waals surface area (Å²) in [4.78, 5) is 12.3. The van der Waals surface area contributed by atoms with Gasteiger partial charge in [-0.1, -0.05) is 25.1 Å². The maximum Gasteiger partial charge on any atom is 0.267 e. The highest BCUT2D eigenvalue weighted by molar-refractivity contribution is 6.06. The van der Waals surface area contributed by atoms with Gasteiger partial charge in [-0.25, -0.2) is 0 Å². The number of amides is 1. The lowest BCUT2D eigenvalue weighted by molar-refractivity contribution is -0.112. The van der Waals surface area contributed by atoms with Crippen LogP contribution < -0.4 is 15.4 Å². The van der Waals surface area contributed by atoms with Crippen LogP contribution >= 0.6 is 0 Å². The number of rotatable bonds is 7. The first kappa shape index (κ1) is 19.1. The Labute approximate surface area is 154 Å². The van der Waals surface area contributed by atoms with E-state index < -0.39 is 5.91 Å². The van der Waals surface area contributed by atoms with Gasteiger partial charge in [-0.15, -0.1) is 0 Å². The fourth-order valence-electron chi connectivity index (χ4n) is 2.52. The summed E-state index contributed by atoms with van der Waals surface area (Å²) in [5, 5.41) is 15.2. The van der Waals surface area contributed by atoms with Crippen LogP contribution in [0.4, 0.5) is 11.4 Å². The highest BCUT2D eigenvalue weighted by Gasteiger charge is 2.10. The Bertz CT molecular complexity index is 833. The molecule has 0 bridgehead atoms. The van der Waals surface area contributed by atoms with Gasteiger partial charge in [-0.2, -0.15) is 5.26 Å². The van der Waals surface area contributed by atoms with E-state index in [0.717, 1.165) is 29.0 Å². The molecule has 2 aromatic carbocycles. The fraction of sp³-hybridized carbons (Fsp3) is 0.238. The Morgan fingerprint density at radius 2 is 1.92 bits per heavy atom. The van der Waals surface area contributed by atoms with E-state index in [0.29, 0.717) is 12.3 Å². The van der Waals surface area contributed by atoms with Gasteiger partial charge in [0.1, 0.15) is 17.4 Å². The number of hydrogen-bond acceptors (Lipinski definition) is 4. The van der Waals surface area contributed by atoms with Crippen molar-refractivity contribution in [2.24, 2.45) is 0 Å². The number of carbonyl (C=O) groups excluding carboxylic acids is 1. The lowest BCUT2D eigenvalue weighted by Crippen LogP contribution is -2.14. The van der Waals surface area contributed by atoms with Crippen LogP contribution in [0.25, 0.3) is 0 Å². The zero-order valence-corrected chi connectivity index (χ0v) is 15.3. The monoisotopic (exact) mass is 349 g/mol. The van der Waals surface area contributed by atoms with E-state index in [1.807, 2.05) is 38.1 Å². The van der Waals surface area contributed by atoms with Crippen molar-refractivity contribution >= 4 is 17.3 Å². The van der Waals surface area contributed by atoms with Gasteiger partial charge >= 0.3 is 0 Å². The van der Waals surface area contributed by atoms with E-state index in [2.05, 4.69) is 17.6 Å². The predicted octanol–water partition coefficient (Wildman–Crippen LogP) is 4.41. The highest BCUT2D eigenvalue weighted by atomic mass is 16.5. The van der Waals surface area contributed by atoms with Crippen molar-refractivity contribution in [2.75, 3.05) is 17.2 Å². The van der Waals surface area contributed by atoms with Crippen LogP contribution in [-0.2, 0) is 11.2 Å². The third-order valence-electron chi connectivity index (χ3n) is 3.89. The second-order valence-corrected chi connectivity index (χ2v) is 5.69. The number of benzene rings is 2. The first-order valence-electron chi connectivity index (χ1n) is 8.58. The molecule has 0 atom stereocenters. The van der Waals surface area contributed by atoms with E-state index in [4.69, 9.17) is 4.74 Å². The summed E-state index contributed by atoms with van der Waals surface area (Å²) in [6.07, 6.45) is 2.31. The second-order valence-electron chi connectivity index (χ2n) is 5.69. The summed E-state index contributed by atoms with van der Waals surface area (Å²) in [6, 6.07) is 15.0. The van der Waals surface area contributed by atoms with Gasteiger partial charge in [-0.3, -0.25) is 4.79 Å². The SMILES string of the molecule is CCOc1ccc(NC(=O)/C(C#N)=C\Nc2c(C)cccc2CC)cc1. The molecule has 26 heavy (non-hydrogen) atoms. The topological polar surface area (TPSA) is 74.1 Å².